The number of nitrogens with zero attached hydrogens (tertiary/aromatic N) is 1. The van der Waals surface area contributed by atoms with Gasteiger partial charge in [0, 0.05) is 7.05 Å². The van der Waals surface area contributed by atoms with E-state index in [1.165, 1.54) is 12.1 Å². The Labute approximate surface area is 111 Å². The summed E-state index contributed by atoms with van der Waals surface area (Å²) in [5, 5.41) is 0. The summed E-state index contributed by atoms with van der Waals surface area (Å²) in [6.07, 6.45) is 1.76. The second-order valence-corrected chi connectivity index (χ2v) is 4.50. The summed E-state index contributed by atoms with van der Waals surface area (Å²) < 4.78 is 18.3. The zero-order valence-corrected chi connectivity index (χ0v) is 11.0. The van der Waals surface area contributed by atoms with E-state index in [9.17, 15) is 9.18 Å². The van der Waals surface area contributed by atoms with Crippen molar-refractivity contribution in [2.45, 2.75) is 19.4 Å². The fourth-order valence-corrected chi connectivity index (χ4v) is 1.88. The van der Waals surface area contributed by atoms with Gasteiger partial charge in [-0.1, -0.05) is 12.1 Å². The summed E-state index contributed by atoms with van der Waals surface area (Å²) in [7, 11) is 1.72. The number of benzene rings is 1. The zero-order chi connectivity index (χ0) is 13.8. The van der Waals surface area contributed by atoms with E-state index in [0.29, 0.717) is 5.56 Å². The van der Waals surface area contributed by atoms with Crippen LogP contribution in [0.1, 0.15) is 24.3 Å². The first-order valence-corrected chi connectivity index (χ1v) is 6.11. The molecule has 0 bridgehead atoms. The van der Waals surface area contributed by atoms with E-state index in [-0.39, 0.29) is 24.2 Å². The van der Waals surface area contributed by atoms with Crippen molar-refractivity contribution in [2.75, 3.05) is 7.05 Å². The van der Waals surface area contributed by atoms with Crippen molar-refractivity contribution in [3.63, 3.8) is 0 Å². The Bertz CT molecular complexity index is 551. The van der Waals surface area contributed by atoms with Gasteiger partial charge >= 0.3 is 0 Å². The highest BCUT2D eigenvalue weighted by atomic mass is 19.1. The van der Waals surface area contributed by atoms with Crippen molar-refractivity contribution in [2.24, 2.45) is 0 Å². The van der Waals surface area contributed by atoms with Gasteiger partial charge in [0.15, 0.2) is 0 Å². The normalized spacial score (nSPS) is 12.2. The van der Waals surface area contributed by atoms with Gasteiger partial charge in [-0.05, 0) is 36.8 Å². The fourth-order valence-electron chi connectivity index (χ4n) is 1.88. The van der Waals surface area contributed by atoms with Crippen molar-refractivity contribution in [1.82, 2.24) is 4.90 Å². The van der Waals surface area contributed by atoms with Crippen molar-refractivity contribution in [3.8, 4) is 0 Å². The number of hydrogen-bond acceptors (Lipinski definition) is 2. The van der Waals surface area contributed by atoms with Gasteiger partial charge in [0.1, 0.15) is 11.6 Å². The third kappa shape index (κ3) is 3.22. The molecule has 0 fully saturated rings. The Balaban J connectivity index is 2.03. The zero-order valence-electron chi connectivity index (χ0n) is 11.0. The van der Waals surface area contributed by atoms with Gasteiger partial charge in [-0.25, -0.2) is 4.39 Å². The smallest absolute Gasteiger partial charge is 0.227 e. The van der Waals surface area contributed by atoms with Crippen LogP contribution in [0.3, 0.4) is 0 Å². The second-order valence-electron chi connectivity index (χ2n) is 4.50. The van der Waals surface area contributed by atoms with E-state index in [1.54, 1.807) is 36.4 Å². The van der Waals surface area contributed by atoms with Crippen LogP contribution in [0, 0.1) is 5.82 Å². The number of likely N-dealkylation sites (N-methyl/N-ethyl adjacent to an activating group) is 1. The van der Waals surface area contributed by atoms with Crippen LogP contribution >= 0.6 is 0 Å². The third-order valence-electron chi connectivity index (χ3n) is 3.17. The van der Waals surface area contributed by atoms with Crippen LogP contribution in [0.15, 0.2) is 47.1 Å². The van der Waals surface area contributed by atoms with Gasteiger partial charge in [-0.15, -0.1) is 0 Å². The molecule has 1 amide bonds. The number of halogens is 1. The average molecular weight is 261 g/mol. The number of hydrogen-bond donors (Lipinski definition) is 0. The predicted molar refractivity (Wildman–Crippen MR) is 70.0 cm³/mol. The first kappa shape index (κ1) is 13.3. The Morgan fingerprint density at radius 2 is 2.16 bits per heavy atom. The van der Waals surface area contributed by atoms with Crippen molar-refractivity contribution < 1.29 is 13.6 Å². The van der Waals surface area contributed by atoms with Gasteiger partial charge in [0.05, 0.1) is 18.7 Å². The molecule has 1 atom stereocenters. The second kappa shape index (κ2) is 5.69. The molecule has 4 heteroatoms. The van der Waals surface area contributed by atoms with Crippen LogP contribution in [0.2, 0.25) is 0 Å². The largest absolute Gasteiger partial charge is 0.467 e. The molecule has 0 aliphatic heterocycles. The number of carbonyl (C=O) groups excluding carboxylic acids is 1. The number of furan rings is 1. The lowest BCUT2D eigenvalue weighted by molar-refractivity contribution is -0.131. The molecule has 0 aliphatic rings. The van der Waals surface area contributed by atoms with E-state index in [0.717, 1.165) is 5.76 Å². The molecule has 19 heavy (non-hydrogen) atoms. The lowest BCUT2D eigenvalue weighted by Crippen LogP contribution is -2.30. The number of rotatable bonds is 4. The van der Waals surface area contributed by atoms with Crippen LogP contribution in [0.5, 0.6) is 0 Å². The fraction of sp³-hybridized carbons (Fsp3) is 0.267. The molecule has 0 saturated carbocycles. The minimum absolute atomic E-state index is 0.0745. The summed E-state index contributed by atoms with van der Waals surface area (Å²) in [5.74, 6) is 0.330. The lowest BCUT2D eigenvalue weighted by atomic mass is 10.1. The molecule has 3 nitrogen and oxygen atoms in total. The highest BCUT2D eigenvalue weighted by molar-refractivity contribution is 5.78. The molecule has 1 unspecified atom stereocenters. The molecule has 0 spiro atoms. The van der Waals surface area contributed by atoms with E-state index in [2.05, 4.69) is 0 Å². The maximum Gasteiger partial charge on any atom is 0.227 e. The summed E-state index contributed by atoms with van der Waals surface area (Å²) in [6.45, 7) is 1.89. The Morgan fingerprint density at radius 3 is 2.79 bits per heavy atom. The molecule has 0 N–H and O–H groups in total. The van der Waals surface area contributed by atoms with Crippen molar-refractivity contribution >= 4 is 5.91 Å². The molecule has 100 valence electrons. The topological polar surface area (TPSA) is 33.5 Å². The van der Waals surface area contributed by atoms with Crippen LogP contribution < -0.4 is 0 Å². The molecule has 0 aliphatic carbocycles. The molecule has 1 aromatic carbocycles. The highest BCUT2D eigenvalue weighted by Gasteiger charge is 2.19. The Hall–Kier alpha value is -2.10. The van der Waals surface area contributed by atoms with Gasteiger partial charge < -0.3 is 9.32 Å². The molecule has 2 rings (SSSR count). The quantitative estimate of drug-likeness (QED) is 0.847. The molecule has 0 radical (unpaired) electrons. The summed E-state index contributed by atoms with van der Waals surface area (Å²) in [4.78, 5) is 13.7. The summed E-state index contributed by atoms with van der Waals surface area (Å²) in [5.41, 5.74) is 0.670. The van der Waals surface area contributed by atoms with E-state index in [4.69, 9.17) is 4.42 Å². The van der Waals surface area contributed by atoms with Crippen LogP contribution in [-0.4, -0.2) is 17.9 Å². The van der Waals surface area contributed by atoms with Crippen molar-refractivity contribution in [1.29, 1.82) is 0 Å². The minimum Gasteiger partial charge on any atom is -0.467 e. The number of carbonyl (C=O) groups is 1. The Morgan fingerprint density at radius 1 is 1.37 bits per heavy atom. The van der Waals surface area contributed by atoms with Gasteiger partial charge in [-0.3, -0.25) is 4.79 Å². The van der Waals surface area contributed by atoms with Crippen LogP contribution in [-0.2, 0) is 11.2 Å². The SMILES string of the molecule is CC(c1ccco1)N(C)C(=O)Cc1cccc(F)c1. The maximum atomic E-state index is 13.1. The highest BCUT2D eigenvalue weighted by Crippen LogP contribution is 2.19. The monoisotopic (exact) mass is 261 g/mol. The predicted octanol–water partition coefficient (Wildman–Crippen LogP) is 3.18. The molecular formula is C15H16FNO2. The van der Waals surface area contributed by atoms with E-state index in [1.807, 2.05) is 13.0 Å². The maximum absolute atomic E-state index is 13.1. The standard InChI is InChI=1S/C15H16FNO2/c1-11(14-7-4-8-19-14)17(2)15(18)10-12-5-3-6-13(16)9-12/h3-9,11H,10H2,1-2H3. The van der Waals surface area contributed by atoms with Crippen LogP contribution in [0.25, 0.3) is 0 Å². The van der Waals surface area contributed by atoms with E-state index >= 15 is 0 Å². The molecule has 1 heterocycles. The first-order chi connectivity index (χ1) is 9.08. The molecular weight excluding hydrogens is 245 g/mol. The molecule has 0 saturated heterocycles. The average Bonchev–Trinajstić information content (AvgIpc) is 2.90. The van der Waals surface area contributed by atoms with Crippen LogP contribution in [0.4, 0.5) is 4.39 Å². The van der Waals surface area contributed by atoms with E-state index < -0.39 is 0 Å². The first-order valence-electron chi connectivity index (χ1n) is 6.11. The number of amides is 1. The van der Waals surface area contributed by atoms with Gasteiger partial charge in [-0.2, -0.15) is 0 Å². The third-order valence-corrected chi connectivity index (χ3v) is 3.17. The molecule has 1 aromatic heterocycles. The lowest BCUT2D eigenvalue weighted by Gasteiger charge is -2.23. The summed E-state index contributed by atoms with van der Waals surface area (Å²) >= 11 is 0. The van der Waals surface area contributed by atoms with Gasteiger partial charge in [0.25, 0.3) is 0 Å². The Kier molecular flexibility index (Phi) is 4.00. The van der Waals surface area contributed by atoms with Crippen molar-refractivity contribution in [3.05, 3.63) is 59.8 Å². The van der Waals surface area contributed by atoms with Gasteiger partial charge in [0.2, 0.25) is 5.91 Å². The minimum atomic E-state index is -0.327. The molecule has 2 aromatic rings. The summed E-state index contributed by atoms with van der Waals surface area (Å²) in [6, 6.07) is 9.57.